The Labute approximate surface area is 98.1 Å². The van der Waals surface area contributed by atoms with Gasteiger partial charge in [0.05, 0.1) is 0 Å². The molecule has 1 heterocycles. The highest BCUT2D eigenvalue weighted by molar-refractivity contribution is 8.14. The van der Waals surface area contributed by atoms with Crippen LogP contribution < -0.4 is 0 Å². The molecule has 6 heteroatoms. The van der Waals surface area contributed by atoms with Crippen molar-refractivity contribution < 1.29 is 4.79 Å². The molecule has 1 rings (SSSR count). The second kappa shape index (κ2) is 4.49. The zero-order valence-electron chi connectivity index (χ0n) is 9.57. The van der Waals surface area contributed by atoms with Gasteiger partial charge in [-0.05, 0) is 0 Å². The van der Waals surface area contributed by atoms with Crippen molar-refractivity contribution in [2.75, 3.05) is 14.1 Å². The van der Waals surface area contributed by atoms with Crippen molar-refractivity contribution in [1.82, 2.24) is 15.1 Å². The lowest BCUT2D eigenvalue weighted by atomic mass is 9.98. The van der Waals surface area contributed by atoms with Gasteiger partial charge in [-0.25, -0.2) is 0 Å². The van der Waals surface area contributed by atoms with Crippen molar-refractivity contribution in [3.8, 4) is 0 Å². The minimum Gasteiger partial charge on any atom is -0.339 e. The van der Waals surface area contributed by atoms with E-state index in [1.807, 2.05) is 0 Å². The summed E-state index contributed by atoms with van der Waals surface area (Å²) < 4.78 is 0.707. The molecule has 1 amide bonds. The minimum absolute atomic E-state index is 0.00234. The van der Waals surface area contributed by atoms with E-state index in [9.17, 15) is 4.79 Å². The number of hydrogen-bond donors (Lipinski definition) is 0. The lowest BCUT2D eigenvalue weighted by molar-refractivity contribution is 0.241. The molecule has 0 atom stereocenters. The third kappa shape index (κ3) is 3.46. The summed E-state index contributed by atoms with van der Waals surface area (Å²) in [4.78, 5) is 12.9. The normalized spacial score (nSPS) is 11.5. The van der Waals surface area contributed by atoms with E-state index in [1.54, 1.807) is 14.1 Å². The van der Waals surface area contributed by atoms with E-state index in [-0.39, 0.29) is 10.7 Å². The van der Waals surface area contributed by atoms with Gasteiger partial charge in [0.15, 0.2) is 4.34 Å². The molecule has 0 N–H and O–H groups in total. The highest BCUT2D eigenvalue weighted by atomic mass is 32.2. The smallest absolute Gasteiger partial charge is 0.288 e. The average molecular weight is 245 g/mol. The average Bonchev–Trinajstić information content (AvgIpc) is 2.51. The van der Waals surface area contributed by atoms with E-state index in [4.69, 9.17) is 0 Å². The van der Waals surface area contributed by atoms with Crippen LogP contribution in [0.15, 0.2) is 4.34 Å². The van der Waals surface area contributed by atoms with Gasteiger partial charge in [-0.2, -0.15) is 0 Å². The predicted octanol–water partition coefficient (Wildman–Crippen LogP) is 2.61. The van der Waals surface area contributed by atoms with Gasteiger partial charge in [0.2, 0.25) is 0 Å². The van der Waals surface area contributed by atoms with Gasteiger partial charge in [0.25, 0.3) is 5.24 Å². The highest BCUT2D eigenvalue weighted by Crippen LogP contribution is 2.30. The Morgan fingerprint density at radius 3 is 2.33 bits per heavy atom. The maximum atomic E-state index is 11.4. The first-order valence-electron chi connectivity index (χ1n) is 4.54. The van der Waals surface area contributed by atoms with Crippen molar-refractivity contribution >= 4 is 28.3 Å². The molecular weight excluding hydrogens is 230 g/mol. The lowest BCUT2D eigenvalue weighted by Crippen LogP contribution is -2.15. The van der Waals surface area contributed by atoms with Crippen LogP contribution in [-0.2, 0) is 5.41 Å². The van der Waals surface area contributed by atoms with Crippen LogP contribution in [0.3, 0.4) is 0 Å². The van der Waals surface area contributed by atoms with E-state index >= 15 is 0 Å². The number of aromatic nitrogens is 2. The van der Waals surface area contributed by atoms with Crippen LogP contribution in [0.5, 0.6) is 0 Å². The molecule has 84 valence electrons. The van der Waals surface area contributed by atoms with E-state index < -0.39 is 0 Å². The van der Waals surface area contributed by atoms with Gasteiger partial charge in [-0.3, -0.25) is 4.79 Å². The van der Waals surface area contributed by atoms with Gasteiger partial charge in [0, 0.05) is 31.3 Å². The molecule has 0 unspecified atom stereocenters. The largest absolute Gasteiger partial charge is 0.339 e. The first kappa shape index (κ1) is 12.4. The second-order valence-corrected chi connectivity index (χ2v) is 6.56. The molecule has 0 aliphatic heterocycles. The molecule has 0 aliphatic rings. The van der Waals surface area contributed by atoms with Crippen LogP contribution >= 0.6 is 23.1 Å². The quantitative estimate of drug-likeness (QED) is 0.713. The summed E-state index contributed by atoms with van der Waals surface area (Å²) >= 11 is 2.60. The zero-order chi connectivity index (χ0) is 11.6. The monoisotopic (exact) mass is 245 g/mol. The number of nitrogens with zero attached hydrogens (tertiary/aromatic N) is 3. The van der Waals surface area contributed by atoms with E-state index in [2.05, 4.69) is 31.0 Å². The Bertz CT molecular complexity index is 354. The van der Waals surface area contributed by atoms with Crippen LogP contribution in [0.4, 0.5) is 4.79 Å². The summed E-state index contributed by atoms with van der Waals surface area (Å²) in [5, 5.41) is 9.00. The maximum Gasteiger partial charge on any atom is 0.288 e. The Morgan fingerprint density at radius 2 is 1.93 bits per heavy atom. The van der Waals surface area contributed by atoms with Crippen LogP contribution in [0, 0.1) is 0 Å². The topological polar surface area (TPSA) is 46.1 Å². The SMILES string of the molecule is CN(C)C(=O)Sc1nnc(C(C)(C)C)s1. The van der Waals surface area contributed by atoms with Crippen LogP contribution in [-0.4, -0.2) is 34.4 Å². The number of rotatable bonds is 1. The van der Waals surface area contributed by atoms with Crippen molar-refractivity contribution in [1.29, 1.82) is 0 Å². The molecule has 15 heavy (non-hydrogen) atoms. The van der Waals surface area contributed by atoms with Crippen LogP contribution in [0.25, 0.3) is 0 Å². The number of carbonyl (C=O) groups is 1. The summed E-state index contributed by atoms with van der Waals surface area (Å²) in [6, 6.07) is 0. The third-order valence-electron chi connectivity index (χ3n) is 1.59. The molecule has 0 saturated carbocycles. The zero-order valence-corrected chi connectivity index (χ0v) is 11.2. The Kier molecular flexibility index (Phi) is 3.72. The third-order valence-corrected chi connectivity index (χ3v) is 4.03. The van der Waals surface area contributed by atoms with E-state index in [0.717, 1.165) is 16.8 Å². The van der Waals surface area contributed by atoms with E-state index in [1.165, 1.54) is 16.2 Å². The number of amides is 1. The first-order valence-corrected chi connectivity index (χ1v) is 6.17. The fraction of sp³-hybridized carbons (Fsp3) is 0.667. The first-order chi connectivity index (χ1) is 6.80. The van der Waals surface area contributed by atoms with E-state index in [0.29, 0.717) is 4.34 Å². The van der Waals surface area contributed by atoms with Crippen molar-refractivity contribution in [3.05, 3.63) is 5.01 Å². The van der Waals surface area contributed by atoms with Gasteiger partial charge < -0.3 is 4.90 Å². The molecule has 0 bridgehead atoms. The summed E-state index contributed by atoms with van der Waals surface area (Å²) in [6.45, 7) is 6.24. The molecule has 4 nitrogen and oxygen atoms in total. The molecule has 0 spiro atoms. The van der Waals surface area contributed by atoms with Crippen LogP contribution in [0.1, 0.15) is 25.8 Å². The maximum absolute atomic E-state index is 11.4. The Hall–Kier alpha value is -0.620. The lowest BCUT2D eigenvalue weighted by Gasteiger charge is -2.12. The number of thioether (sulfide) groups is 1. The summed E-state index contributed by atoms with van der Waals surface area (Å²) in [5.74, 6) is 0. The fourth-order valence-corrected chi connectivity index (χ4v) is 2.39. The molecule has 0 aromatic carbocycles. The summed E-state index contributed by atoms with van der Waals surface area (Å²) in [7, 11) is 3.45. The van der Waals surface area contributed by atoms with Crippen molar-refractivity contribution in [3.63, 3.8) is 0 Å². The van der Waals surface area contributed by atoms with Crippen molar-refractivity contribution in [2.45, 2.75) is 30.5 Å². The predicted molar refractivity (Wildman–Crippen MR) is 63.5 cm³/mol. The van der Waals surface area contributed by atoms with Crippen LogP contribution in [0.2, 0.25) is 0 Å². The Morgan fingerprint density at radius 1 is 1.33 bits per heavy atom. The van der Waals surface area contributed by atoms with Gasteiger partial charge in [0.1, 0.15) is 5.01 Å². The summed E-state index contributed by atoms with van der Waals surface area (Å²) in [6.07, 6.45) is 0. The molecule has 0 saturated heterocycles. The molecule has 0 aliphatic carbocycles. The van der Waals surface area contributed by atoms with Gasteiger partial charge in [-0.15, -0.1) is 10.2 Å². The molecule has 0 fully saturated rings. The van der Waals surface area contributed by atoms with Crippen molar-refractivity contribution in [2.24, 2.45) is 0 Å². The van der Waals surface area contributed by atoms with Gasteiger partial charge in [-0.1, -0.05) is 32.1 Å². The molecule has 0 radical (unpaired) electrons. The standard InChI is InChI=1S/C9H15N3OS2/c1-9(2,3)6-10-11-7(14-6)15-8(13)12(4)5/h1-5H3. The molecular formula is C9H15N3OS2. The molecule has 1 aromatic rings. The number of carbonyl (C=O) groups excluding carboxylic acids is 1. The summed E-state index contributed by atoms with van der Waals surface area (Å²) in [5.41, 5.74) is -0.00234. The number of hydrogen-bond acceptors (Lipinski definition) is 5. The molecule has 1 aromatic heterocycles. The highest BCUT2D eigenvalue weighted by Gasteiger charge is 2.20. The minimum atomic E-state index is -0.0217. The Balaban J connectivity index is 2.73. The fourth-order valence-electron chi connectivity index (χ4n) is 0.720. The second-order valence-electron chi connectivity index (χ2n) is 4.39. The van der Waals surface area contributed by atoms with Gasteiger partial charge >= 0.3 is 0 Å².